The van der Waals surface area contributed by atoms with Gasteiger partial charge in [0.05, 0.1) is 6.42 Å². The van der Waals surface area contributed by atoms with E-state index in [-0.39, 0.29) is 31.1 Å². The van der Waals surface area contributed by atoms with Gasteiger partial charge in [0.25, 0.3) is 0 Å². The zero-order valence-electron chi connectivity index (χ0n) is 13.1. The fourth-order valence-electron chi connectivity index (χ4n) is 2.42. The van der Waals surface area contributed by atoms with E-state index in [0.717, 1.165) is 10.9 Å². The third-order valence-electron chi connectivity index (χ3n) is 3.49. The van der Waals surface area contributed by atoms with Crippen LogP contribution in [0, 0.1) is 5.82 Å². The topological polar surface area (TPSA) is 111 Å². The number of nitrogens with one attached hydrogen (secondary N) is 3. The molecule has 1 atom stereocenters. The average molecular weight is 335 g/mol. The van der Waals surface area contributed by atoms with E-state index in [9.17, 15) is 18.8 Å². The number of hydrogen-bond donors (Lipinski definition) is 4. The third-order valence-corrected chi connectivity index (χ3v) is 3.49. The molecule has 0 aliphatic rings. The lowest BCUT2D eigenvalue weighted by atomic mass is 10.0. The monoisotopic (exact) mass is 335 g/mol. The second kappa shape index (κ2) is 7.58. The number of fused-ring (bicyclic) bond motifs is 1. The van der Waals surface area contributed by atoms with Gasteiger partial charge in [-0.25, -0.2) is 4.39 Å². The number of rotatable bonds is 7. The van der Waals surface area contributed by atoms with Crippen molar-refractivity contribution in [2.24, 2.45) is 0 Å². The number of H-pyrrole nitrogens is 1. The van der Waals surface area contributed by atoms with Crippen molar-refractivity contribution in [1.29, 1.82) is 0 Å². The van der Waals surface area contributed by atoms with Crippen molar-refractivity contribution in [3.05, 3.63) is 35.8 Å². The van der Waals surface area contributed by atoms with Crippen LogP contribution in [-0.2, 0) is 20.8 Å². The lowest BCUT2D eigenvalue weighted by Gasteiger charge is -2.17. The van der Waals surface area contributed by atoms with Crippen LogP contribution in [0.1, 0.15) is 18.9 Å². The Kier molecular flexibility index (Phi) is 5.51. The molecule has 0 spiro atoms. The first-order valence-electron chi connectivity index (χ1n) is 7.39. The number of aromatic nitrogens is 1. The highest BCUT2D eigenvalue weighted by atomic mass is 19.1. The maximum absolute atomic E-state index is 13.2. The van der Waals surface area contributed by atoms with Crippen molar-refractivity contribution in [1.82, 2.24) is 15.6 Å². The zero-order valence-corrected chi connectivity index (χ0v) is 13.1. The van der Waals surface area contributed by atoms with E-state index in [4.69, 9.17) is 5.11 Å². The number of benzene rings is 1. The van der Waals surface area contributed by atoms with Crippen molar-refractivity contribution in [2.45, 2.75) is 25.8 Å². The van der Waals surface area contributed by atoms with Gasteiger partial charge in [-0.2, -0.15) is 0 Å². The first kappa shape index (κ1) is 17.5. The summed E-state index contributed by atoms with van der Waals surface area (Å²) in [6.45, 7) is 1.27. The van der Waals surface area contributed by atoms with Gasteiger partial charge in [0.1, 0.15) is 11.9 Å². The molecule has 7 nitrogen and oxygen atoms in total. The predicted octanol–water partition coefficient (Wildman–Crippen LogP) is 0.945. The minimum atomic E-state index is -1.02. The van der Waals surface area contributed by atoms with Gasteiger partial charge in [0.2, 0.25) is 11.8 Å². The third kappa shape index (κ3) is 4.55. The largest absolute Gasteiger partial charge is 0.481 e. The molecule has 0 saturated heterocycles. The number of carboxylic acid groups (broad SMARTS) is 1. The van der Waals surface area contributed by atoms with Gasteiger partial charge < -0.3 is 20.7 Å². The van der Waals surface area contributed by atoms with Gasteiger partial charge in [-0.1, -0.05) is 0 Å². The van der Waals surface area contributed by atoms with Gasteiger partial charge in [-0.3, -0.25) is 14.4 Å². The predicted molar refractivity (Wildman–Crippen MR) is 84.8 cm³/mol. The summed E-state index contributed by atoms with van der Waals surface area (Å²) in [6, 6.07) is 3.42. The van der Waals surface area contributed by atoms with Gasteiger partial charge in [-0.05, 0) is 23.8 Å². The summed E-state index contributed by atoms with van der Waals surface area (Å²) in [5.74, 6) is -2.24. The van der Waals surface area contributed by atoms with Gasteiger partial charge in [0.15, 0.2) is 0 Å². The van der Waals surface area contributed by atoms with Crippen LogP contribution in [-0.4, -0.2) is 40.5 Å². The van der Waals surface area contributed by atoms with Crippen LogP contribution in [0.4, 0.5) is 4.39 Å². The lowest BCUT2D eigenvalue weighted by Crippen LogP contribution is -2.47. The Morgan fingerprint density at radius 2 is 2.08 bits per heavy atom. The molecular formula is C16H18FN3O4. The van der Waals surface area contributed by atoms with Crippen LogP contribution >= 0.6 is 0 Å². The molecule has 1 unspecified atom stereocenters. The van der Waals surface area contributed by atoms with Crippen LogP contribution in [0.2, 0.25) is 0 Å². The Labute approximate surface area is 137 Å². The van der Waals surface area contributed by atoms with Gasteiger partial charge in [-0.15, -0.1) is 0 Å². The molecule has 1 aromatic heterocycles. The summed E-state index contributed by atoms with van der Waals surface area (Å²) in [6.07, 6.45) is 1.65. The zero-order chi connectivity index (χ0) is 17.7. The van der Waals surface area contributed by atoms with E-state index in [1.807, 2.05) is 0 Å². The molecule has 2 aromatic rings. The smallest absolute Gasteiger partial charge is 0.305 e. The number of carboxylic acids is 1. The second-order valence-corrected chi connectivity index (χ2v) is 5.40. The summed E-state index contributed by atoms with van der Waals surface area (Å²) in [7, 11) is 0. The Hall–Kier alpha value is -2.90. The fourth-order valence-corrected chi connectivity index (χ4v) is 2.42. The number of halogens is 1. The highest BCUT2D eigenvalue weighted by Gasteiger charge is 2.21. The Bertz CT molecular complexity index is 772. The highest BCUT2D eigenvalue weighted by molar-refractivity contribution is 5.89. The molecule has 128 valence electrons. The first-order valence-corrected chi connectivity index (χ1v) is 7.39. The molecule has 0 fully saturated rings. The molecule has 2 rings (SSSR count). The second-order valence-electron chi connectivity index (χ2n) is 5.40. The minimum Gasteiger partial charge on any atom is -0.481 e. The first-order chi connectivity index (χ1) is 11.4. The lowest BCUT2D eigenvalue weighted by molar-refractivity contribution is -0.137. The quantitative estimate of drug-likeness (QED) is 0.603. The number of carbonyl (C=O) groups is 3. The molecule has 1 heterocycles. The number of hydrogen-bond acceptors (Lipinski definition) is 3. The highest BCUT2D eigenvalue weighted by Crippen LogP contribution is 2.20. The van der Waals surface area contributed by atoms with Crippen LogP contribution in [0.25, 0.3) is 10.9 Å². The maximum atomic E-state index is 13.2. The average Bonchev–Trinajstić information content (AvgIpc) is 2.87. The molecule has 0 saturated carbocycles. The maximum Gasteiger partial charge on any atom is 0.305 e. The molecule has 2 amide bonds. The Morgan fingerprint density at radius 1 is 1.33 bits per heavy atom. The van der Waals surface area contributed by atoms with Crippen LogP contribution < -0.4 is 10.6 Å². The van der Waals surface area contributed by atoms with Gasteiger partial charge >= 0.3 is 5.97 Å². The molecule has 8 heteroatoms. The molecule has 24 heavy (non-hydrogen) atoms. The van der Waals surface area contributed by atoms with Crippen molar-refractivity contribution in [3.8, 4) is 0 Å². The van der Waals surface area contributed by atoms with Crippen molar-refractivity contribution in [2.75, 3.05) is 6.54 Å². The molecule has 0 radical (unpaired) electrons. The molecule has 0 bridgehead atoms. The summed E-state index contributed by atoms with van der Waals surface area (Å²) in [4.78, 5) is 36.9. The van der Waals surface area contributed by atoms with E-state index >= 15 is 0 Å². The van der Waals surface area contributed by atoms with Crippen LogP contribution in [0.5, 0.6) is 0 Å². The van der Waals surface area contributed by atoms with Crippen molar-refractivity contribution < 1.29 is 23.9 Å². The molecule has 0 aliphatic heterocycles. The van der Waals surface area contributed by atoms with Crippen LogP contribution in [0.15, 0.2) is 24.4 Å². The number of amides is 2. The van der Waals surface area contributed by atoms with E-state index in [0.29, 0.717) is 5.52 Å². The molecule has 1 aromatic carbocycles. The van der Waals surface area contributed by atoms with E-state index in [2.05, 4.69) is 15.6 Å². The molecule has 4 N–H and O–H groups in total. The van der Waals surface area contributed by atoms with Gasteiger partial charge in [0, 0.05) is 37.0 Å². The van der Waals surface area contributed by atoms with Crippen molar-refractivity contribution >= 4 is 28.7 Å². The number of aliphatic carboxylic acids is 1. The molecular weight excluding hydrogens is 317 g/mol. The standard InChI is InChI=1S/C16H18FN3O4/c1-9(21)20-14(16(24)18-5-4-15(22)23)6-10-8-19-13-7-11(17)2-3-12(10)13/h2-3,7-8,14,19H,4-6H2,1H3,(H,18,24)(H,20,21)(H,22,23). The minimum absolute atomic E-state index is 0.0245. The summed E-state index contributed by atoms with van der Waals surface area (Å²) in [5, 5.41) is 14.4. The normalized spacial score (nSPS) is 11.9. The molecule has 0 aliphatic carbocycles. The van der Waals surface area contributed by atoms with E-state index in [1.54, 1.807) is 12.3 Å². The van der Waals surface area contributed by atoms with E-state index in [1.165, 1.54) is 19.1 Å². The number of aromatic amines is 1. The summed E-state index contributed by atoms with van der Waals surface area (Å²) in [5.41, 5.74) is 1.34. The van der Waals surface area contributed by atoms with E-state index < -0.39 is 17.9 Å². The van der Waals surface area contributed by atoms with Crippen molar-refractivity contribution in [3.63, 3.8) is 0 Å². The summed E-state index contributed by atoms with van der Waals surface area (Å²) >= 11 is 0. The SMILES string of the molecule is CC(=O)NC(Cc1c[nH]c2cc(F)ccc12)C(=O)NCCC(=O)O. The fraction of sp³-hybridized carbons (Fsp3) is 0.312. The van der Waals surface area contributed by atoms with Crippen LogP contribution in [0.3, 0.4) is 0 Å². The number of carbonyl (C=O) groups excluding carboxylic acids is 2. The Morgan fingerprint density at radius 3 is 2.75 bits per heavy atom. The Balaban J connectivity index is 2.13. The summed E-state index contributed by atoms with van der Waals surface area (Å²) < 4.78 is 13.2.